The van der Waals surface area contributed by atoms with Gasteiger partial charge in [-0.05, 0) is 43.2 Å². The van der Waals surface area contributed by atoms with Crippen molar-refractivity contribution in [3.05, 3.63) is 35.4 Å². The Labute approximate surface area is 144 Å². The topological polar surface area (TPSA) is 52.7 Å². The molecule has 5 heteroatoms. The van der Waals surface area contributed by atoms with Crippen molar-refractivity contribution in [2.45, 2.75) is 38.1 Å². The zero-order valence-electron chi connectivity index (χ0n) is 14.6. The summed E-state index contributed by atoms with van der Waals surface area (Å²) in [5, 5.41) is 3.26. The summed E-state index contributed by atoms with van der Waals surface area (Å²) in [6.07, 6.45) is 4.74. The molecule has 0 radical (unpaired) electrons. The van der Waals surface area contributed by atoms with Crippen LogP contribution in [0.3, 0.4) is 0 Å². The van der Waals surface area contributed by atoms with Crippen LogP contribution in [0.15, 0.2) is 24.3 Å². The molecule has 5 nitrogen and oxygen atoms in total. The van der Waals surface area contributed by atoms with Crippen LogP contribution in [0.1, 0.15) is 42.9 Å². The van der Waals surface area contributed by atoms with Gasteiger partial charge in [-0.25, -0.2) is 4.79 Å². The zero-order chi connectivity index (χ0) is 17.1. The Morgan fingerprint density at radius 3 is 2.54 bits per heavy atom. The smallest absolute Gasteiger partial charge is 0.319 e. The maximum atomic E-state index is 12.7. The summed E-state index contributed by atoms with van der Waals surface area (Å²) < 4.78 is 0. The maximum absolute atomic E-state index is 12.7. The van der Waals surface area contributed by atoms with Crippen LogP contribution in [0.2, 0.25) is 0 Å². The normalized spacial score (nSPS) is 21.1. The van der Waals surface area contributed by atoms with Gasteiger partial charge in [0.25, 0.3) is 0 Å². The fourth-order valence-electron chi connectivity index (χ4n) is 3.81. The van der Waals surface area contributed by atoms with Crippen molar-refractivity contribution in [2.75, 3.05) is 27.2 Å². The molecular formula is C19H27N3O2. The molecule has 1 aromatic rings. The Morgan fingerprint density at radius 1 is 1.12 bits per heavy atom. The second kappa shape index (κ2) is 7.24. The van der Waals surface area contributed by atoms with Crippen LogP contribution < -0.4 is 5.32 Å². The Hall–Kier alpha value is -2.04. The molecule has 3 rings (SSSR count). The number of amides is 3. The minimum Gasteiger partial charge on any atom is -0.349 e. The lowest BCUT2D eigenvalue weighted by Gasteiger charge is -2.34. The molecule has 24 heavy (non-hydrogen) atoms. The van der Waals surface area contributed by atoms with Crippen molar-refractivity contribution >= 4 is 11.9 Å². The third-order valence-electron chi connectivity index (χ3n) is 5.20. The van der Waals surface area contributed by atoms with E-state index in [9.17, 15) is 9.59 Å². The van der Waals surface area contributed by atoms with E-state index in [1.165, 1.54) is 11.1 Å². The lowest BCUT2D eigenvalue weighted by atomic mass is 9.87. The molecule has 0 bridgehead atoms. The largest absolute Gasteiger partial charge is 0.349 e. The number of nitrogens with zero attached hydrogens (tertiary/aromatic N) is 2. The first-order chi connectivity index (χ1) is 11.6. The minimum atomic E-state index is 0.0188. The number of likely N-dealkylation sites (tertiary alicyclic amines) is 1. The molecule has 1 fully saturated rings. The number of carbonyl (C=O) groups is 2. The van der Waals surface area contributed by atoms with Gasteiger partial charge in [0.15, 0.2) is 0 Å². The number of rotatable bonds is 2. The van der Waals surface area contributed by atoms with Gasteiger partial charge in [0.1, 0.15) is 0 Å². The van der Waals surface area contributed by atoms with E-state index in [2.05, 4.69) is 29.6 Å². The number of fused-ring (bicyclic) bond motifs is 1. The number of urea groups is 1. The van der Waals surface area contributed by atoms with Crippen LogP contribution in [0.5, 0.6) is 0 Å². The quantitative estimate of drug-likeness (QED) is 0.907. The molecule has 1 N–H and O–H groups in total. The van der Waals surface area contributed by atoms with E-state index in [1.54, 1.807) is 19.0 Å². The first-order valence-electron chi connectivity index (χ1n) is 8.90. The number of carbonyl (C=O) groups excluding carboxylic acids is 2. The molecular weight excluding hydrogens is 302 g/mol. The molecule has 130 valence electrons. The molecule has 2 aliphatic rings. The number of piperidine rings is 1. The van der Waals surface area contributed by atoms with Crippen molar-refractivity contribution in [3.8, 4) is 0 Å². The molecule has 1 atom stereocenters. The van der Waals surface area contributed by atoms with Crippen molar-refractivity contribution < 1.29 is 9.59 Å². The van der Waals surface area contributed by atoms with E-state index < -0.39 is 0 Å². The molecule has 1 heterocycles. The standard InChI is InChI=1S/C19H27N3O2/c1-21(2)19(24)22-12-10-15(11-13-22)18(23)20-17-9-5-7-14-6-3-4-8-16(14)17/h3-4,6,8,15,17H,5,7,9-13H2,1-2H3,(H,20,23). The fraction of sp³-hybridized carbons (Fsp3) is 0.579. The lowest BCUT2D eigenvalue weighted by Crippen LogP contribution is -2.47. The first kappa shape index (κ1) is 16.8. The fourth-order valence-corrected chi connectivity index (χ4v) is 3.81. The third kappa shape index (κ3) is 3.55. The molecule has 0 aromatic heterocycles. The third-order valence-corrected chi connectivity index (χ3v) is 5.20. The summed E-state index contributed by atoms with van der Waals surface area (Å²) in [6, 6.07) is 8.60. The molecule has 1 saturated heterocycles. The first-order valence-corrected chi connectivity index (χ1v) is 8.90. The van der Waals surface area contributed by atoms with Gasteiger partial charge in [-0.3, -0.25) is 4.79 Å². The van der Waals surface area contributed by atoms with Crippen molar-refractivity contribution in [1.29, 1.82) is 0 Å². The highest BCUT2D eigenvalue weighted by molar-refractivity contribution is 5.80. The Kier molecular flexibility index (Phi) is 5.07. The Morgan fingerprint density at radius 2 is 1.83 bits per heavy atom. The monoisotopic (exact) mass is 329 g/mol. The van der Waals surface area contributed by atoms with Crippen molar-refractivity contribution in [2.24, 2.45) is 5.92 Å². The van der Waals surface area contributed by atoms with Gasteiger partial charge in [-0.15, -0.1) is 0 Å². The molecule has 1 unspecified atom stereocenters. The maximum Gasteiger partial charge on any atom is 0.319 e. The number of nitrogens with one attached hydrogen (secondary N) is 1. The Balaban J connectivity index is 1.57. The van der Waals surface area contributed by atoms with Crippen LogP contribution in [0, 0.1) is 5.92 Å². The summed E-state index contributed by atoms with van der Waals surface area (Å²) >= 11 is 0. The van der Waals surface area contributed by atoms with E-state index in [-0.39, 0.29) is 23.9 Å². The number of aryl methyl sites for hydroxylation is 1. The van der Waals surface area contributed by atoms with Crippen LogP contribution in [-0.2, 0) is 11.2 Å². The molecule has 3 amide bonds. The van der Waals surface area contributed by atoms with Gasteiger partial charge in [0.05, 0.1) is 6.04 Å². The van der Waals surface area contributed by atoms with Crippen LogP contribution in [0.25, 0.3) is 0 Å². The highest BCUT2D eigenvalue weighted by Crippen LogP contribution is 2.30. The van der Waals surface area contributed by atoms with E-state index >= 15 is 0 Å². The SMILES string of the molecule is CN(C)C(=O)N1CCC(C(=O)NC2CCCc3ccccc32)CC1. The van der Waals surface area contributed by atoms with E-state index in [0.717, 1.165) is 32.1 Å². The van der Waals surface area contributed by atoms with E-state index in [4.69, 9.17) is 0 Å². The second-order valence-electron chi connectivity index (χ2n) is 7.09. The Bertz CT molecular complexity index is 606. The van der Waals surface area contributed by atoms with Crippen LogP contribution in [0.4, 0.5) is 4.79 Å². The van der Waals surface area contributed by atoms with Crippen LogP contribution in [-0.4, -0.2) is 48.9 Å². The predicted molar refractivity (Wildman–Crippen MR) is 93.6 cm³/mol. The van der Waals surface area contributed by atoms with Crippen molar-refractivity contribution in [1.82, 2.24) is 15.1 Å². The number of hydrogen-bond acceptors (Lipinski definition) is 2. The van der Waals surface area contributed by atoms with Crippen molar-refractivity contribution in [3.63, 3.8) is 0 Å². The second-order valence-corrected chi connectivity index (χ2v) is 7.09. The summed E-state index contributed by atoms with van der Waals surface area (Å²) in [5.74, 6) is 0.166. The molecule has 1 aliphatic heterocycles. The lowest BCUT2D eigenvalue weighted by molar-refractivity contribution is -0.127. The summed E-state index contributed by atoms with van der Waals surface area (Å²) in [6.45, 7) is 1.33. The predicted octanol–water partition coefficient (Wildman–Crippen LogP) is 2.57. The molecule has 0 spiro atoms. The molecule has 1 aromatic carbocycles. The van der Waals surface area contributed by atoms with Gasteiger partial charge in [-0.2, -0.15) is 0 Å². The van der Waals surface area contributed by atoms with Gasteiger partial charge in [0, 0.05) is 33.1 Å². The summed E-state index contributed by atoms with van der Waals surface area (Å²) in [5.41, 5.74) is 2.64. The van der Waals surface area contributed by atoms with E-state index in [1.807, 2.05) is 4.90 Å². The van der Waals surface area contributed by atoms with Gasteiger partial charge >= 0.3 is 6.03 Å². The average Bonchev–Trinajstić information content (AvgIpc) is 2.61. The highest BCUT2D eigenvalue weighted by Gasteiger charge is 2.30. The molecule has 1 aliphatic carbocycles. The van der Waals surface area contributed by atoms with Gasteiger partial charge in [0.2, 0.25) is 5.91 Å². The number of hydrogen-bond donors (Lipinski definition) is 1. The molecule has 0 saturated carbocycles. The minimum absolute atomic E-state index is 0.0188. The van der Waals surface area contributed by atoms with Crippen LogP contribution >= 0.6 is 0 Å². The van der Waals surface area contributed by atoms with E-state index in [0.29, 0.717) is 13.1 Å². The summed E-state index contributed by atoms with van der Waals surface area (Å²) in [7, 11) is 3.53. The van der Waals surface area contributed by atoms with Gasteiger partial charge in [-0.1, -0.05) is 24.3 Å². The summed E-state index contributed by atoms with van der Waals surface area (Å²) in [4.78, 5) is 28.1. The zero-order valence-corrected chi connectivity index (χ0v) is 14.6. The number of benzene rings is 1. The average molecular weight is 329 g/mol. The van der Waals surface area contributed by atoms with Gasteiger partial charge < -0.3 is 15.1 Å². The highest BCUT2D eigenvalue weighted by atomic mass is 16.2.